The number of carbonyl (C=O) groups excluding carboxylic acids is 2. The van der Waals surface area contributed by atoms with E-state index in [9.17, 15) is 9.59 Å². The summed E-state index contributed by atoms with van der Waals surface area (Å²) in [7, 11) is 2.80. The minimum absolute atomic E-state index is 0.108. The lowest BCUT2D eigenvalue weighted by molar-refractivity contribution is -0.148. The van der Waals surface area contributed by atoms with Crippen molar-refractivity contribution in [2.75, 3.05) is 20.7 Å². The van der Waals surface area contributed by atoms with Gasteiger partial charge in [0.2, 0.25) is 0 Å². The highest BCUT2D eigenvalue weighted by Gasteiger charge is 2.21. The molecule has 20 heavy (non-hydrogen) atoms. The SMILES string of the molecule is COC(=O)CN(C)C(=O)C(C)Oc1ccc(Cl)cc1C. The molecule has 0 saturated heterocycles. The van der Waals surface area contributed by atoms with Crippen LogP contribution in [0.3, 0.4) is 0 Å². The van der Waals surface area contributed by atoms with E-state index in [0.717, 1.165) is 5.56 Å². The molecule has 1 amide bonds. The molecule has 1 aromatic rings. The molecule has 0 aromatic heterocycles. The normalized spacial score (nSPS) is 11.7. The number of benzene rings is 1. The van der Waals surface area contributed by atoms with Crippen LogP contribution in [0.15, 0.2) is 18.2 Å². The molecule has 0 radical (unpaired) electrons. The molecule has 0 fully saturated rings. The largest absolute Gasteiger partial charge is 0.481 e. The molecular formula is C14H18ClNO4. The summed E-state index contributed by atoms with van der Waals surface area (Å²) in [5.41, 5.74) is 0.841. The van der Waals surface area contributed by atoms with Gasteiger partial charge in [0, 0.05) is 12.1 Å². The number of nitrogens with zero attached hydrogens (tertiary/aromatic N) is 1. The standard InChI is InChI=1S/C14H18ClNO4/c1-9-7-11(15)5-6-12(9)20-10(2)14(18)16(3)8-13(17)19-4/h5-7,10H,8H2,1-4H3. The van der Waals surface area contributed by atoms with Gasteiger partial charge in [-0.1, -0.05) is 11.6 Å². The zero-order chi connectivity index (χ0) is 15.3. The van der Waals surface area contributed by atoms with E-state index in [-0.39, 0.29) is 12.5 Å². The van der Waals surface area contributed by atoms with Gasteiger partial charge >= 0.3 is 5.97 Å². The Morgan fingerprint density at radius 3 is 2.60 bits per heavy atom. The van der Waals surface area contributed by atoms with Gasteiger partial charge in [-0.05, 0) is 37.6 Å². The van der Waals surface area contributed by atoms with E-state index in [1.54, 1.807) is 25.1 Å². The summed E-state index contributed by atoms with van der Waals surface area (Å²) in [6.45, 7) is 3.36. The van der Waals surface area contributed by atoms with Gasteiger partial charge in [-0.15, -0.1) is 0 Å². The van der Waals surface area contributed by atoms with E-state index in [0.29, 0.717) is 10.8 Å². The van der Waals surface area contributed by atoms with Crippen LogP contribution in [-0.2, 0) is 14.3 Å². The predicted octanol–water partition coefficient (Wildman–Crippen LogP) is 2.05. The van der Waals surface area contributed by atoms with Gasteiger partial charge in [0.05, 0.1) is 7.11 Å². The molecule has 0 aliphatic carbocycles. The molecule has 5 nitrogen and oxygen atoms in total. The zero-order valence-corrected chi connectivity index (χ0v) is 12.7. The van der Waals surface area contributed by atoms with Crippen LogP contribution in [0.1, 0.15) is 12.5 Å². The van der Waals surface area contributed by atoms with Crippen molar-refractivity contribution in [1.82, 2.24) is 4.90 Å². The number of likely N-dealkylation sites (N-methyl/N-ethyl adjacent to an activating group) is 1. The Hall–Kier alpha value is -1.75. The fourth-order valence-electron chi connectivity index (χ4n) is 1.63. The molecule has 110 valence electrons. The monoisotopic (exact) mass is 299 g/mol. The van der Waals surface area contributed by atoms with Crippen LogP contribution in [0.2, 0.25) is 5.02 Å². The van der Waals surface area contributed by atoms with Crippen LogP contribution < -0.4 is 4.74 Å². The maximum Gasteiger partial charge on any atom is 0.325 e. The van der Waals surface area contributed by atoms with Crippen LogP contribution in [0.5, 0.6) is 5.75 Å². The van der Waals surface area contributed by atoms with Gasteiger partial charge in [0.1, 0.15) is 12.3 Å². The average molecular weight is 300 g/mol. The maximum atomic E-state index is 12.0. The number of esters is 1. The van der Waals surface area contributed by atoms with E-state index in [1.165, 1.54) is 19.1 Å². The lowest BCUT2D eigenvalue weighted by Gasteiger charge is -2.21. The number of carbonyl (C=O) groups is 2. The predicted molar refractivity (Wildman–Crippen MR) is 75.9 cm³/mol. The molecule has 1 rings (SSSR count). The second-order valence-corrected chi connectivity index (χ2v) is 4.88. The molecule has 6 heteroatoms. The maximum absolute atomic E-state index is 12.0. The topological polar surface area (TPSA) is 55.8 Å². The van der Waals surface area contributed by atoms with Crippen molar-refractivity contribution in [3.05, 3.63) is 28.8 Å². The van der Waals surface area contributed by atoms with E-state index in [4.69, 9.17) is 16.3 Å². The lowest BCUT2D eigenvalue weighted by atomic mass is 10.2. The first-order chi connectivity index (χ1) is 9.35. The van der Waals surface area contributed by atoms with Crippen LogP contribution in [0, 0.1) is 6.92 Å². The Bertz CT molecular complexity index is 504. The summed E-state index contributed by atoms with van der Waals surface area (Å²) >= 11 is 5.86. The highest BCUT2D eigenvalue weighted by Crippen LogP contribution is 2.23. The van der Waals surface area contributed by atoms with Gasteiger partial charge in [-0.2, -0.15) is 0 Å². The van der Waals surface area contributed by atoms with Crippen molar-refractivity contribution < 1.29 is 19.1 Å². The molecule has 0 saturated carbocycles. The van der Waals surface area contributed by atoms with Crippen molar-refractivity contribution in [2.24, 2.45) is 0 Å². The Balaban J connectivity index is 2.67. The third-order valence-corrected chi connectivity index (χ3v) is 2.99. The summed E-state index contributed by atoms with van der Waals surface area (Å²) in [4.78, 5) is 24.4. The Morgan fingerprint density at radius 2 is 2.05 bits per heavy atom. The average Bonchev–Trinajstić information content (AvgIpc) is 2.40. The minimum Gasteiger partial charge on any atom is -0.481 e. The highest BCUT2D eigenvalue weighted by molar-refractivity contribution is 6.30. The second kappa shape index (κ2) is 7.14. The summed E-state index contributed by atoms with van der Waals surface area (Å²) in [5.74, 6) is -0.192. The van der Waals surface area contributed by atoms with Crippen molar-refractivity contribution in [1.29, 1.82) is 0 Å². The molecule has 0 heterocycles. The van der Waals surface area contributed by atoms with Crippen LogP contribution >= 0.6 is 11.6 Å². The number of methoxy groups -OCH3 is 1. The highest BCUT2D eigenvalue weighted by atomic mass is 35.5. The smallest absolute Gasteiger partial charge is 0.325 e. The molecule has 1 unspecified atom stereocenters. The fourth-order valence-corrected chi connectivity index (χ4v) is 1.86. The summed E-state index contributed by atoms with van der Waals surface area (Å²) in [5, 5.41) is 0.608. The minimum atomic E-state index is -0.704. The van der Waals surface area contributed by atoms with E-state index < -0.39 is 12.1 Å². The number of aryl methyl sites for hydroxylation is 1. The number of hydrogen-bond donors (Lipinski definition) is 0. The van der Waals surface area contributed by atoms with Crippen LogP contribution in [0.25, 0.3) is 0 Å². The van der Waals surface area contributed by atoms with Crippen molar-refractivity contribution in [2.45, 2.75) is 20.0 Å². The first kappa shape index (κ1) is 16.3. The van der Waals surface area contributed by atoms with Gasteiger partial charge in [-0.25, -0.2) is 0 Å². The molecule has 0 aliphatic rings. The first-order valence-corrected chi connectivity index (χ1v) is 6.47. The lowest BCUT2D eigenvalue weighted by Crippen LogP contribution is -2.40. The molecule has 0 N–H and O–H groups in total. The zero-order valence-electron chi connectivity index (χ0n) is 12.0. The second-order valence-electron chi connectivity index (χ2n) is 4.44. The van der Waals surface area contributed by atoms with Crippen molar-refractivity contribution >= 4 is 23.5 Å². The van der Waals surface area contributed by atoms with Crippen LogP contribution in [-0.4, -0.2) is 43.6 Å². The van der Waals surface area contributed by atoms with Gasteiger partial charge in [0.25, 0.3) is 5.91 Å². The Labute approximate surface area is 123 Å². The van der Waals surface area contributed by atoms with Crippen molar-refractivity contribution in [3.8, 4) is 5.75 Å². The Morgan fingerprint density at radius 1 is 1.40 bits per heavy atom. The molecule has 1 aromatic carbocycles. The summed E-state index contributed by atoms with van der Waals surface area (Å²) in [6, 6.07) is 5.16. The van der Waals surface area contributed by atoms with Gasteiger partial charge in [0.15, 0.2) is 6.10 Å². The number of ether oxygens (including phenoxy) is 2. The third kappa shape index (κ3) is 4.42. The first-order valence-electron chi connectivity index (χ1n) is 6.09. The number of hydrogen-bond acceptors (Lipinski definition) is 4. The van der Waals surface area contributed by atoms with E-state index in [2.05, 4.69) is 4.74 Å². The molecule has 1 atom stereocenters. The van der Waals surface area contributed by atoms with E-state index >= 15 is 0 Å². The van der Waals surface area contributed by atoms with E-state index in [1.807, 2.05) is 6.92 Å². The molecular weight excluding hydrogens is 282 g/mol. The molecule has 0 bridgehead atoms. The summed E-state index contributed by atoms with van der Waals surface area (Å²) in [6.07, 6.45) is -0.704. The quantitative estimate of drug-likeness (QED) is 0.781. The Kier molecular flexibility index (Phi) is 5.82. The number of amides is 1. The van der Waals surface area contributed by atoms with Crippen LogP contribution in [0.4, 0.5) is 0 Å². The van der Waals surface area contributed by atoms with Gasteiger partial charge in [-0.3, -0.25) is 9.59 Å². The number of rotatable bonds is 5. The number of halogens is 1. The fraction of sp³-hybridized carbons (Fsp3) is 0.429. The summed E-state index contributed by atoms with van der Waals surface area (Å²) < 4.78 is 10.1. The molecule has 0 spiro atoms. The molecule has 0 aliphatic heterocycles. The van der Waals surface area contributed by atoms with Gasteiger partial charge < -0.3 is 14.4 Å². The third-order valence-electron chi connectivity index (χ3n) is 2.76. The van der Waals surface area contributed by atoms with Crippen molar-refractivity contribution in [3.63, 3.8) is 0 Å².